The Morgan fingerprint density at radius 2 is 2.05 bits per heavy atom. The van der Waals surface area contributed by atoms with E-state index in [0.29, 0.717) is 28.5 Å². The number of piperidine rings is 1. The second-order valence-electron chi connectivity index (χ2n) is 6.03. The first-order valence-corrected chi connectivity index (χ1v) is 8.24. The van der Waals surface area contributed by atoms with Crippen molar-refractivity contribution in [1.82, 2.24) is 9.88 Å². The molecule has 1 aliphatic heterocycles. The van der Waals surface area contributed by atoms with E-state index in [1.165, 1.54) is 25.7 Å². The molecule has 1 saturated carbocycles. The lowest BCUT2D eigenvalue weighted by molar-refractivity contribution is 0.0385. The summed E-state index contributed by atoms with van der Waals surface area (Å²) >= 11 is 6.20. The van der Waals surface area contributed by atoms with Crippen molar-refractivity contribution in [1.29, 1.82) is 0 Å². The van der Waals surface area contributed by atoms with Crippen LogP contribution in [0.25, 0.3) is 0 Å². The molecule has 3 rings (SSSR count). The second kappa shape index (κ2) is 6.22. The van der Waals surface area contributed by atoms with E-state index < -0.39 is 0 Å². The van der Waals surface area contributed by atoms with Crippen molar-refractivity contribution < 1.29 is 4.79 Å². The van der Waals surface area contributed by atoms with Crippen LogP contribution in [-0.2, 0) is 0 Å². The first kappa shape index (κ1) is 14.6. The first-order chi connectivity index (χ1) is 10.2. The number of anilines is 1. The van der Waals surface area contributed by atoms with Crippen molar-refractivity contribution >= 4 is 23.3 Å². The second-order valence-corrected chi connectivity index (χ2v) is 6.44. The van der Waals surface area contributed by atoms with E-state index in [0.717, 1.165) is 19.4 Å². The SMILES string of the molecule is CNc1ccc(Cl)c(C(=O)N2CCC[C@H]3CCCC[C@H]32)n1. The summed E-state index contributed by atoms with van der Waals surface area (Å²) in [5, 5.41) is 3.41. The number of hydrogen-bond donors (Lipinski definition) is 1. The van der Waals surface area contributed by atoms with Crippen molar-refractivity contribution in [2.24, 2.45) is 5.92 Å². The largest absolute Gasteiger partial charge is 0.373 e. The van der Waals surface area contributed by atoms with Crippen LogP contribution in [0.15, 0.2) is 12.1 Å². The summed E-state index contributed by atoms with van der Waals surface area (Å²) in [4.78, 5) is 19.3. The van der Waals surface area contributed by atoms with E-state index in [2.05, 4.69) is 10.3 Å². The molecule has 21 heavy (non-hydrogen) atoms. The molecule has 1 amide bonds. The van der Waals surface area contributed by atoms with Crippen LogP contribution in [0.3, 0.4) is 0 Å². The fraction of sp³-hybridized carbons (Fsp3) is 0.625. The molecule has 1 saturated heterocycles. The average Bonchev–Trinajstić information content (AvgIpc) is 2.54. The van der Waals surface area contributed by atoms with Crippen LogP contribution < -0.4 is 5.32 Å². The van der Waals surface area contributed by atoms with E-state index in [-0.39, 0.29) is 5.91 Å². The van der Waals surface area contributed by atoms with Crippen molar-refractivity contribution in [3.63, 3.8) is 0 Å². The van der Waals surface area contributed by atoms with Crippen LogP contribution in [0.5, 0.6) is 0 Å². The normalized spacial score (nSPS) is 25.3. The highest BCUT2D eigenvalue weighted by Crippen LogP contribution is 2.36. The predicted molar refractivity (Wildman–Crippen MR) is 84.8 cm³/mol. The molecule has 0 radical (unpaired) electrons. The van der Waals surface area contributed by atoms with Crippen LogP contribution >= 0.6 is 11.6 Å². The van der Waals surface area contributed by atoms with Crippen molar-refractivity contribution in [3.8, 4) is 0 Å². The number of pyridine rings is 1. The van der Waals surface area contributed by atoms with Gasteiger partial charge in [-0.15, -0.1) is 0 Å². The quantitative estimate of drug-likeness (QED) is 0.908. The van der Waals surface area contributed by atoms with Gasteiger partial charge in [0.2, 0.25) is 0 Å². The van der Waals surface area contributed by atoms with Crippen LogP contribution in [0.4, 0.5) is 5.82 Å². The number of amides is 1. The Bertz CT molecular complexity index is 532. The molecule has 1 N–H and O–H groups in total. The number of nitrogens with zero attached hydrogens (tertiary/aromatic N) is 2. The highest BCUT2D eigenvalue weighted by Gasteiger charge is 2.36. The molecule has 0 unspecified atom stereocenters. The Labute approximate surface area is 130 Å². The molecule has 0 aromatic carbocycles. The number of carbonyl (C=O) groups is 1. The standard InChI is InChI=1S/C16H22ClN3O/c1-18-14-9-8-12(17)15(19-14)16(21)20-10-4-6-11-5-2-3-7-13(11)20/h8-9,11,13H,2-7,10H2,1H3,(H,18,19)/t11-,13-/m1/s1. The van der Waals surface area contributed by atoms with Crippen molar-refractivity contribution in [3.05, 3.63) is 22.8 Å². The van der Waals surface area contributed by atoms with Gasteiger partial charge in [0.15, 0.2) is 0 Å². The number of likely N-dealkylation sites (tertiary alicyclic amines) is 1. The first-order valence-electron chi connectivity index (χ1n) is 7.86. The lowest BCUT2D eigenvalue weighted by Gasteiger charge is -2.44. The summed E-state index contributed by atoms with van der Waals surface area (Å²) in [6.07, 6.45) is 7.26. The highest BCUT2D eigenvalue weighted by molar-refractivity contribution is 6.33. The Kier molecular flexibility index (Phi) is 4.34. The minimum atomic E-state index is -0.00583. The fourth-order valence-electron chi connectivity index (χ4n) is 3.74. The molecular weight excluding hydrogens is 286 g/mol. The van der Waals surface area contributed by atoms with Gasteiger partial charge in [0.25, 0.3) is 5.91 Å². The van der Waals surface area contributed by atoms with E-state index in [1.807, 2.05) is 4.90 Å². The maximum absolute atomic E-state index is 12.9. The fourth-order valence-corrected chi connectivity index (χ4v) is 3.93. The molecule has 1 aliphatic carbocycles. The third-order valence-corrected chi connectivity index (χ3v) is 5.11. The summed E-state index contributed by atoms with van der Waals surface area (Å²) in [6.45, 7) is 0.835. The average molecular weight is 308 g/mol. The monoisotopic (exact) mass is 307 g/mol. The minimum Gasteiger partial charge on any atom is -0.373 e. The molecule has 1 aromatic heterocycles. The van der Waals surface area contributed by atoms with Crippen LogP contribution in [-0.4, -0.2) is 35.4 Å². The van der Waals surface area contributed by atoms with Crippen molar-refractivity contribution in [2.75, 3.05) is 18.9 Å². The molecule has 1 aromatic rings. The van der Waals surface area contributed by atoms with E-state index in [9.17, 15) is 4.79 Å². The minimum absolute atomic E-state index is 0.00583. The smallest absolute Gasteiger partial charge is 0.274 e. The molecule has 2 aliphatic rings. The lowest BCUT2D eigenvalue weighted by atomic mass is 9.78. The Morgan fingerprint density at radius 1 is 1.29 bits per heavy atom. The Balaban J connectivity index is 1.86. The molecule has 0 spiro atoms. The summed E-state index contributed by atoms with van der Waals surface area (Å²) in [6, 6.07) is 3.92. The van der Waals surface area contributed by atoms with Gasteiger partial charge in [0.1, 0.15) is 11.5 Å². The zero-order valence-electron chi connectivity index (χ0n) is 12.4. The lowest BCUT2D eigenvalue weighted by Crippen LogP contribution is -2.49. The van der Waals surface area contributed by atoms with Gasteiger partial charge in [0.05, 0.1) is 5.02 Å². The Morgan fingerprint density at radius 3 is 2.86 bits per heavy atom. The number of carbonyl (C=O) groups excluding carboxylic acids is 1. The molecule has 2 fully saturated rings. The zero-order valence-corrected chi connectivity index (χ0v) is 13.2. The number of nitrogens with one attached hydrogen (secondary N) is 1. The summed E-state index contributed by atoms with van der Waals surface area (Å²) in [5.74, 6) is 1.34. The van der Waals surface area contributed by atoms with Gasteiger partial charge in [-0.1, -0.05) is 24.4 Å². The van der Waals surface area contributed by atoms with Gasteiger partial charge in [-0.25, -0.2) is 4.98 Å². The molecule has 114 valence electrons. The van der Waals surface area contributed by atoms with E-state index in [4.69, 9.17) is 11.6 Å². The molecule has 2 atom stereocenters. The number of aromatic nitrogens is 1. The third kappa shape index (κ3) is 2.86. The topological polar surface area (TPSA) is 45.2 Å². The number of fused-ring (bicyclic) bond motifs is 1. The van der Waals surface area contributed by atoms with E-state index >= 15 is 0 Å². The summed E-state index contributed by atoms with van der Waals surface area (Å²) in [5.41, 5.74) is 0.384. The molecule has 0 bridgehead atoms. The number of rotatable bonds is 2. The van der Waals surface area contributed by atoms with Crippen molar-refractivity contribution in [2.45, 2.75) is 44.6 Å². The Hall–Kier alpha value is -1.29. The van der Waals surface area contributed by atoms with Crippen LogP contribution in [0.1, 0.15) is 49.0 Å². The zero-order chi connectivity index (χ0) is 14.8. The molecular formula is C16H22ClN3O. The molecule has 2 heterocycles. The summed E-state index contributed by atoms with van der Waals surface area (Å²) in [7, 11) is 1.79. The predicted octanol–water partition coefficient (Wildman–Crippen LogP) is 3.57. The van der Waals surface area contributed by atoms with Gasteiger partial charge in [-0.3, -0.25) is 4.79 Å². The number of hydrogen-bond acceptors (Lipinski definition) is 3. The van der Waals surface area contributed by atoms with Gasteiger partial charge in [0, 0.05) is 19.6 Å². The van der Waals surface area contributed by atoms with Gasteiger partial charge in [-0.2, -0.15) is 0 Å². The van der Waals surface area contributed by atoms with Crippen LogP contribution in [0.2, 0.25) is 5.02 Å². The maximum Gasteiger partial charge on any atom is 0.274 e. The molecule has 4 nitrogen and oxygen atoms in total. The summed E-state index contributed by atoms with van der Waals surface area (Å²) < 4.78 is 0. The number of halogens is 1. The maximum atomic E-state index is 12.9. The van der Waals surface area contributed by atoms with E-state index in [1.54, 1.807) is 19.2 Å². The van der Waals surface area contributed by atoms with Crippen LogP contribution in [0, 0.1) is 5.92 Å². The third-order valence-electron chi connectivity index (χ3n) is 4.81. The molecule has 5 heteroatoms. The van der Waals surface area contributed by atoms with Gasteiger partial charge in [-0.05, 0) is 43.7 Å². The highest BCUT2D eigenvalue weighted by atomic mass is 35.5. The van der Waals surface area contributed by atoms with Gasteiger partial charge >= 0.3 is 0 Å². The van der Waals surface area contributed by atoms with Gasteiger partial charge < -0.3 is 10.2 Å².